The van der Waals surface area contributed by atoms with E-state index in [-0.39, 0.29) is 0 Å². The van der Waals surface area contributed by atoms with Crippen LogP contribution < -0.4 is 4.74 Å². The van der Waals surface area contributed by atoms with E-state index in [9.17, 15) is 0 Å². The van der Waals surface area contributed by atoms with Crippen LogP contribution in [-0.2, 0) is 0 Å². The molecule has 5 heteroatoms. The number of ether oxygens (including phenoxy) is 1. The highest BCUT2D eigenvalue weighted by Gasteiger charge is 2.14. The minimum Gasteiger partial charge on any atom is -0.490 e. The molecule has 2 heterocycles. The Kier molecular flexibility index (Phi) is 3.47. The van der Waals surface area contributed by atoms with Crippen molar-refractivity contribution >= 4 is 15.9 Å². The van der Waals surface area contributed by atoms with E-state index in [1.165, 1.54) is 0 Å². The van der Waals surface area contributed by atoms with Gasteiger partial charge in [-0.05, 0) is 48.8 Å². The van der Waals surface area contributed by atoms with Crippen LogP contribution in [0, 0.1) is 13.8 Å². The molecule has 0 unspecified atom stereocenters. The summed E-state index contributed by atoms with van der Waals surface area (Å²) in [6.07, 6.45) is 1.74. The summed E-state index contributed by atoms with van der Waals surface area (Å²) >= 11 is 3.51. The van der Waals surface area contributed by atoms with E-state index in [1.807, 2.05) is 32.9 Å². The Morgan fingerprint density at radius 1 is 1.41 bits per heavy atom. The Bertz CT molecular complexity index is 537. The molecule has 0 N–H and O–H groups in total. The molecule has 0 aliphatic carbocycles. The van der Waals surface area contributed by atoms with Crippen molar-refractivity contribution in [3.05, 3.63) is 34.2 Å². The van der Waals surface area contributed by atoms with Crippen molar-refractivity contribution in [2.75, 3.05) is 6.61 Å². The van der Waals surface area contributed by atoms with Crippen molar-refractivity contribution in [3.63, 3.8) is 0 Å². The van der Waals surface area contributed by atoms with Gasteiger partial charge in [-0.1, -0.05) is 0 Å². The SMILES string of the molecule is CCOc1cccnc1-n1nc(C)c(Br)c1C. The molecule has 4 nitrogen and oxygen atoms in total. The fourth-order valence-electron chi connectivity index (χ4n) is 1.64. The monoisotopic (exact) mass is 295 g/mol. The van der Waals surface area contributed by atoms with Gasteiger partial charge in [-0.25, -0.2) is 9.67 Å². The second kappa shape index (κ2) is 4.87. The summed E-state index contributed by atoms with van der Waals surface area (Å²) in [5.74, 6) is 1.47. The lowest BCUT2D eigenvalue weighted by Gasteiger charge is -2.09. The van der Waals surface area contributed by atoms with Gasteiger partial charge in [0.05, 0.1) is 22.5 Å². The number of halogens is 1. The first-order chi connectivity index (χ1) is 8.15. The van der Waals surface area contributed by atoms with E-state index < -0.39 is 0 Å². The molecule has 0 saturated carbocycles. The summed E-state index contributed by atoms with van der Waals surface area (Å²) in [7, 11) is 0. The van der Waals surface area contributed by atoms with E-state index in [0.29, 0.717) is 6.61 Å². The first-order valence-corrected chi connectivity index (χ1v) is 6.24. The summed E-state index contributed by atoms with van der Waals surface area (Å²) in [5.41, 5.74) is 1.96. The number of aromatic nitrogens is 3. The van der Waals surface area contributed by atoms with Crippen LogP contribution in [0.2, 0.25) is 0 Å². The molecular formula is C12H14BrN3O. The smallest absolute Gasteiger partial charge is 0.196 e. The molecule has 0 bridgehead atoms. The zero-order valence-corrected chi connectivity index (χ0v) is 11.7. The standard InChI is InChI=1S/C12H14BrN3O/c1-4-17-10-6-5-7-14-12(10)16-9(3)11(13)8(2)15-16/h5-7H,4H2,1-3H3. The average molecular weight is 296 g/mol. The topological polar surface area (TPSA) is 39.9 Å². The molecule has 0 spiro atoms. The Labute approximate surface area is 109 Å². The zero-order chi connectivity index (χ0) is 12.4. The summed E-state index contributed by atoms with van der Waals surface area (Å²) in [5, 5.41) is 4.45. The first-order valence-electron chi connectivity index (χ1n) is 5.45. The van der Waals surface area contributed by atoms with Crippen LogP contribution >= 0.6 is 15.9 Å². The molecule has 2 aromatic rings. The van der Waals surface area contributed by atoms with Gasteiger partial charge in [0.1, 0.15) is 0 Å². The fraction of sp³-hybridized carbons (Fsp3) is 0.333. The van der Waals surface area contributed by atoms with Crippen molar-refractivity contribution in [2.45, 2.75) is 20.8 Å². The minimum absolute atomic E-state index is 0.610. The number of hydrogen-bond donors (Lipinski definition) is 0. The molecule has 17 heavy (non-hydrogen) atoms. The molecule has 0 aromatic carbocycles. The van der Waals surface area contributed by atoms with E-state index >= 15 is 0 Å². The van der Waals surface area contributed by atoms with Crippen molar-refractivity contribution in [1.29, 1.82) is 0 Å². The summed E-state index contributed by atoms with van der Waals surface area (Å²) in [4.78, 5) is 4.34. The molecule has 0 amide bonds. The van der Waals surface area contributed by atoms with Gasteiger partial charge >= 0.3 is 0 Å². The minimum atomic E-state index is 0.610. The van der Waals surface area contributed by atoms with Crippen LogP contribution in [0.5, 0.6) is 5.75 Å². The highest BCUT2D eigenvalue weighted by atomic mass is 79.9. The van der Waals surface area contributed by atoms with Crippen LogP contribution in [0.4, 0.5) is 0 Å². The number of nitrogens with zero attached hydrogens (tertiary/aromatic N) is 3. The molecule has 0 fully saturated rings. The molecular weight excluding hydrogens is 282 g/mol. The molecule has 0 atom stereocenters. The molecule has 0 aliphatic rings. The lowest BCUT2D eigenvalue weighted by Crippen LogP contribution is -2.05. The maximum atomic E-state index is 5.56. The van der Waals surface area contributed by atoms with Crippen LogP contribution in [0.3, 0.4) is 0 Å². The maximum absolute atomic E-state index is 5.56. The quantitative estimate of drug-likeness (QED) is 0.874. The van der Waals surface area contributed by atoms with E-state index in [2.05, 4.69) is 26.0 Å². The van der Waals surface area contributed by atoms with Gasteiger partial charge in [-0.15, -0.1) is 0 Å². The molecule has 0 aliphatic heterocycles. The Morgan fingerprint density at radius 3 is 2.76 bits per heavy atom. The van der Waals surface area contributed by atoms with Crippen molar-refractivity contribution in [3.8, 4) is 11.6 Å². The second-order valence-electron chi connectivity index (χ2n) is 3.65. The van der Waals surface area contributed by atoms with Gasteiger partial charge in [0.25, 0.3) is 0 Å². The van der Waals surface area contributed by atoms with Crippen LogP contribution in [0.25, 0.3) is 5.82 Å². The van der Waals surface area contributed by atoms with E-state index in [0.717, 1.165) is 27.4 Å². The number of hydrogen-bond acceptors (Lipinski definition) is 3. The summed E-state index contributed by atoms with van der Waals surface area (Å²) in [6, 6.07) is 3.76. The average Bonchev–Trinajstić information content (AvgIpc) is 2.58. The maximum Gasteiger partial charge on any atom is 0.196 e. The third-order valence-electron chi connectivity index (χ3n) is 2.45. The van der Waals surface area contributed by atoms with Gasteiger partial charge < -0.3 is 4.74 Å². The number of aryl methyl sites for hydroxylation is 1. The van der Waals surface area contributed by atoms with Crippen molar-refractivity contribution in [1.82, 2.24) is 14.8 Å². The predicted octanol–water partition coefficient (Wildman–Crippen LogP) is 3.05. The molecule has 2 aromatic heterocycles. The Morgan fingerprint density at radius 2 is 2.18 bits per heavy atom. The van der Waals surface area contributed by atoms with Crippen molar-refractivity contribution < 1.29 is 4.74 Å². The highest BCUT2D eigenvalue weighted by molar-refractivity contribution is 9.10. The first kappa shape index (κ1) is 12.1. The Balaban J connectivity index is 2.56. The largest absolute Gasteiger partial charge is 0.490 e. The Hall–Kier alpha value is -1.36. The van der Waals surface area contributed by atoms with Crippen LogP contribution in [-0.4, -0.2) is 21.4 Å². The van der Waals surface area contributed by atoms with Gasteiger partial charge in [-0.3, -0.25) is 0 Å². The summed E-state index contributed by atoms with van der Waals surface area (Å²) < 4.78 is 8.36. The fourth-order valence-corrected chi connectivity index (χ4v) is 1.89. The number of rotatable bonds is 3. The molecule has 2 rings (SSSR count). The molecule has 0 radical (unpaired) electrons. The number of pyridine rings is 1. The summed E-state index contributed by atoms with van der Waals surface area (Å²) in [6.45, 7) is 6.51. The third kappa shape index (κ3) is 2.20. The van der Waals surface area contributed by atoms with E-state index in [1.54, 1.807) is 10.9 Å². The van der Waals surface area contributed by atoms with Crippen molar-refractivity contribution in [2.24, 2.45) is 0 Å². The molecule has 90 valence electrons. The lowest BCUT2D eigenvalue weighted by atomic mass is 10.4. The zero-order valence-electron chi connectivity index (χ0n) is 10.1. The van der Waals surface area contributed by atoms with Gasteiger partial charge in [-0.2, -0.15) is 5.10 Å². The van der Waals surface area contributed by atoms with Crippen LogP contribution in [0.1, 0.15) is 18.3 Å². The van der Waals surface area contributed by atoms with Gasteiger partial charge in [0.2, 0.25) is 0 Å². The molecule has 0 saturated heterocycles. The predicted molar refractivity (Wildman–Crippen MR) is 69.7 cm³/mol. The van der Waals surface area contributed by atoms with Crippen LogP contribution in [0.15, 0.2) is 22.8 Å². The third-order valence-corrected chi connectivity index (χ3v) is 3.60. The second-order valence-corrected chi connectivity index (χ2v) is 4.45. The van der Waals surface area contributed by atoms with E-state index in [4.69, 9.17) is 4.74 Å². The normalized spacial score (nSPS) is 10.6. The highest BCUT2D eigenvalue weighted by Crippen LogP contribution is 2.26. The van der Waals surface area contributed by atoms with Gasteiger partial charge in [0, 0.05) is 6.20 Å². The van der Waals surface area contributed by atoms with Gasteiger partial charge in [0.15, 0.2) is 11.6 Å². The lowest BCUT2D eigenvalue weighted by molar-refractivity contribution is 0.336.